The van der Waals surface area contributed by atoms with Crippen molar-refractivity contribution < 1.29 is 4.74 Å². The van der Waals surface area contributed by atoms with E-state index in [1.165, 1.54) is 71.4 Å². The van der Waals surface area contributed by atoms with Crippen LogP contribution in [0.3, 0.4) is 0 Å². The van der Waals surface area contributed by atoms with Gasteiger partial charge in [-0.2, -0.15) is 0 Å². The molecule has 0 saturated heterocycles. The summed E-state index contributed by atoms with van der Waals surface area (Å²) in [5.74, 6) is 3.45. The summed E-state index contributed by atoms with van der Waals surface area (Å²) in [4.78, 5) is 5.29. The molecule has 0 radical (unpaired) electrons. The molecule has 1 saturated carbocycles. The Morgan fingerprint density at radius 1 is 0.644 bits per heavy atom. The lowest BCUT2D eigenvalue weighted by atomic mass is 9.62. The zero-order chi connectivity index (χ0) is 38.9. The van der Waals surface area contributed by atoms with Crippen LogP contribution >= 0.6 is 0 Å². The number of nitrogens with zero attached hydrogens (tertiary/aromatic N) is 1. The third-order valence-corrected chi connectivity index (χ3v) is 14.3. The van der Waals surface area contributed by atoms with Gasteiger partial charge in [-0.15, -0.1) is 0 Å². The van der Waals surface area contributed by atoms with Crippen molar-refractivity contribution in [2.45, 2.75) is 63.0 Å². The molecule has 5 aromatic carbocycles. The molecule has 3 heteroatoms. The molecule has 2 heterocycles. The summed E-state index contributed by atoms with van der Waals surface area (Å²) in [6, 6.07) is 36.6. The van der Waals surface area contributed by atoms with Gasteiger partial charge >= 0.3 is 0 Å². The van der Waals surface area contributed by atoms with Gasteiger partial charge in [0.15, 0.2) is 0 Å². The number of hydrogen-bond acceptors (Lipinski definition) is 3. The van der Waals surface area contributed by atoms with E-state index in [4.69, 9.17) is 9.73 Å². The molecular weight excluding hydrogens is 717 g/mol. The molecular formula is C56H48N2O. The van der Waals surface area contributed by atoms with Gasteiger partial charge in [-0.05, 0) is 112 Å². The molecule has 0 aromatic heterocycles. The van der Waals surface area contributed by atoms with Crippen LogP contribution in [0.4, 0.5) is 0 Å². The van der Waals surface area contributed by atoms with E-state index in [0.717, 1.165) is 56.5 Å². The third-order valence-electron chi connectivity index (χ3n) is 14.3. The van der Waals surface area contributed by atoms with E-state index in [9.17, 15) is 0 Å². The Morgan fingerprint density at radius 3 is 2.14 bits per heavy atom. The summed E-state index contributed by atoms with van der Waals surface area (Å²) in [6.45, 7) is 0. The van der Waals surface area contributed by atoms with Crippen molar-refractivity contribution in [2.75, 3.05) is 0 Å². The van der Waals surface area contributed by atoms with Crippen LogP contribution in [0.5, 0.6) is 0 Å². The second-order valence-corrected chi connectivity index (χ2v) is 17.4. The minimum Gasteiger partial charge on any atom is -0.489 e. The molecule has 6 atom stereocenters. The van der Waals surface area contributed by atoms with Crippen LogP contribution in [0.25, 0.3) is 37.9 Å². The molecule has 6 unspecified atom stereocenters. The number of ether oxygens (including phenoxy) is 1. The molecule has 0 bridgehead atoms. The fourth-order valence-electron chi connectivity index (χ4n) is 11.5. The first-order valence-corrected chi connectivity index (χ1v) is 21.9. The average Bonchev–Trinajstić information content (AvgIpc) is 3.73. The minimum absolute atomic E-state index is 0.0563. The Bertz CT molecular complexity index is 2850. The number of hydrogen-bond donors (Lipinski definition) is 1. The van der Waals surface area contributed by atoms with Crippen LogP contribution in [0.1, 0.15) is 62.0 Å². The average molecular weight is 765 g/mol. The summed E-state index contributed by atoms with van der Waals surface area (Å²) < 4.78 is 7.58. The van der Waals surface area contributed by atoms with Crippen molar-refractivity contribution in [3.8, 4) is 0 Å². The summed E-state index contributed by atoms with van der Waals surface area (Å²) in [5.41, 5.74) is 10.9. The van der Waals surface area contributed by atoms with E-state index < -0.39 is 0 Å². The highest BCUT2D eigenvalue weighted by Crippen LogP contribution is 2.58. The number of nitrogens with one attached hydrogen (secondary N) is 1. The van der Waals surface area contributed by atoms with Crippen molar-refractivity contribution in [3.05, 3.63) is 209 Å². The van der Waals surface area contributed by atoms with Crippen molar-refractivity contribution in [1.29, 1.82) is 0 Å². The number of aliphatic imine (C=N–C) groups is 1. The summed E-state index contributed by atoms with van der Waals surface area (Å²) in [5, 5.41) is 11.8. The minimum atomic E-state index is 0.0563. The Labute approximate surface area is 347 Å². The Hall–Kier alpha value is -6.19. The smallest absolute Gasteiger partial charge is 0.127 e. The molecule has 2 aliphatic heterocycles. The van der Waals surface area contributed by atoms with Gasteiger partial charge in [0, 0.05) is 34.6 Å². The van der Waals surface area contributed by atoms with Gasteiger partial charge in [-0.1, -0.05) is 163 Å². The first-order chi connectivity index (χ1) is 29.3. The number of allylic oxidation sites excluding steroid dienone is 12. The van der Waals surface area contributed by atoms with Gasteiger partial charge in [0.25, 0.3) is 0 Å². The van der Waals surface area contributed by atoms with Gasteiger partial charge in [0.1, 0.15) is 17.7 Å². The fraction of sp³-hybridized carbons (Fsp3) is 0.232. The standard InChI is InChI=1S/C56H48N2O/c1-3-15-35(16-4-1)48-33-39-19-7-8-20-41(39)52-51(40-31-32-46-44-23-10-9-21-42(44)43-22-11-12-24-45(43)49(46)34-40)54(59-55(48)52)37-29-27-36(28-30-37)53-47-25-13-14-26-50(47)57-56(58-53)38-17-5-2-6-18-38/h1-13,15-17,19,21-25,27,29,31-32,34,38,41,48,50,52,55H,14,18,20,26,28,30,33H2,(H,57,58). The van der Waals surface area contributed by atoms with Crippen LogP contribution in [0.15, 0.2) is 203 Å². The van der Waals surface area contributed by atoms with Crippen LogP contribution in [0.2, 0.25) is 0 Å². The van der Waals surface area contributed by atoms with Gasteiger partial charge in [0.2, 0.25) is 0 Å². The van der Waals surface area contributed by atoms with Gasteiger partial charge in [0.05, 0.1) is 6.04 Å². The van der Waals surface area contributed by atoms with Gasteiger partial charge in [-0.25, -0.2) is 0 Å². The maximum absolute atomic E-state index is 7.58. The van der Waals surface area contributed by atoms with E-state index >= 15 is 0 Å². The lowest BCUT2D eigenvalue weighted by Crippen LogP contribution is -2.38. The molecule has 288 valence electrons. The van der Waals surface area contributed by atoms with Crippen LogP contribution in [0, 0.1) is 17.8 Å². The lowest BCUT2D eigenvalue weighted by Gasteiger charge is -2.42. The summed E-state index contributed by atoms with van der Waals surface area (Å²) in [7, 11) is 0. The molecule has 1 N–H and O–H groups in total. The monoisotopic (exact) mass is 764 g/mol. The van der Waals surface area contributed by atoms with Crippen LogP contribution < -0.4 is 5.32 Å². The first kappa shape index (κ1) is 34.8. The predicted molar refractivity (Wildman–Crippen MR) is 245 cm³/mol. The molecule has 0 spiro atoms. The zero-order valence-electron chi connectivity index (χ0n) is 33.4. The Kier molecular flexibility index (Phi) is 8.42. The molecule has 3 nitrogen and oxygen atoms in total. The van der Waals surface area contributed by atoms with Crippen LogP contribution in [-0.2, 0) is 4.74 Å². The van der Waals surface area contributed by atoms with Crippen molar-refractivity contribution >= 4 is 43.7 Å². The first-order valence-electron chi connectivity index (χ1n) is 21.9. The maximum atomic E-state index is 7.58. The molecule has 59 heavy (non-hydrogen) atoms. The van der Waals surface area contributed by atoms with E-state index in [0.29, 0.717) is 11.8 Å². The third kappa shape index (κ3) is 5.80. The van der Waals surface area contributed by atoms with Crippen molar-refractivity contribution in [2.24, 2.45) is 22.7 Å². The lowest BCUT2D eigenvalue weighted by molar-refractivity contribution is 0.0591. The van der Waals surface area contributed by atoms with Gasteiger partial charge < -0.3 is 10.1 Å². The summed E-state index contributed by atoms with van der Waals surface area (Å²) in [6.07, 6.45) is 32.6. The molecule has 5 aromatic rings. The second-order valence-electron chi connectivity index (χ2n) is 17.4. The number of fused-ring (bicyclic) bond motifs is 10. The Balaban J connectivity index is 1.02. The fourth-order valence-corrected chi connectivity index (χ4v) is 11.5. The summed E-state index contributed by atoms with van der Waals surface area (Å²) >= 11 is 0. The van der Waals surface area contributed by atoms with E-state index in [-0.39, 0.29) is 24.0 Å². The quantitative estimate of drug-likeness (QED) is 0.181. The number of rotatable bonds is 5. The highest BCUT2D eigenvalue weighted by atomic mass is 16.5. The Morgan fingerprint density at radius 2 is 1.37 bits per heavy atom. The molecule has 5 aliphatic carbocycles. The van der Waals surface area contributed by atoms with Crippen LogP contribution in [-0.4, -0.2) is 18.0 Å². The normalized spacial score (nSPS) is 27.1. The van der Waals surface area contributed by atoms with Crippen molar-refractivity contribution in [1.82, 2.24) is 5.32 Å². The topological polar surface area (TPSA) is 33.6 Å². The predicted octanol–water partition coefficient (Wildman–Crippen LogP) is 13.3. The van der Waals surface area contributed by atoms with E-state index in [1.54, 1.807) is 5.57 Å². The maximum Gasteiger partial charge on any atom is 0.127 e. The SMILES string of the molecule is C1=CCC(C2=NC3CCC=CC3=C(C3=CC=C(C4=C(c5ccc6c7ccccc7c7ccccc7c6c5)C5C6CC=CC=C6CC(c6ccccc6)C5O4)CC3)N2)C=C1. The molecule has 7 aliphatic rings. The molecule has 12 rings (SSSR count). The van der Waals surface area contributed by atoms with Gasteiger partial charge in [-0.3, -0.25) is 4.99 Å². The second kappa shape index (κ2) is 14.3. The molecule has 0 amide bonds. The highest BCUT2D eigenvalue weighted by molar-refractivity contribution is 6.25. The number of benzene rings is 5. The highest BCUT2D eigenvalue weighted by Gasteiger charge is 2.51. The number of amidine groups is 1. The largest absolute Gasteiger partial charge is 0.489 e. The zero-order valence-corrected chi connectivity index (χ0v) is 33.4. The van der Waals surface area contributed by atoms with Crippen molar-refractivity contribution in [3.63, 3.8) is 0 Å². The van der Waals surface area contributed by atoms with E-state index in [1.807, 2.05) is 0 Å². The van der Waals surface area contributed by atoms with E-state index in [2.05, 4.69) is 169 Å². The molecule has 1 fully saturated rings.